The minimum absolute atomic E-state index is 0.690. The van der Waals surface area contributed by atoms with Gasteiger partial charge in [-0.25, -0.2) is 9.55 Å². The van der Waals surface area contributed by atoms with E-state index in [4.69, 9.17) is 0 Å². The maximum Gasteiger partial charge on any atom is 0.257 e. The first kappa shape index (κ1) is 26.7. The number of hydrogen-bond donors (Lipinski definition) is 1. The summed E-state index contributed by atoms with van der Waals surface area (Å²) in [7, 11) is 0. The van der Waals surface area contributed by atoms with E-state index in [0.717, 1.165) is 13.0 Å². The number of aryl methyl sites for hydroxylation is 2. The molecule has 1 N–H and O–H groups in total. The number of benzene rings is 1. The summed E-state index contributed by atoms with van der Waals surface area (Å²) < 4.78 is 2.49. The Morgan fingerprint density at radius 3 is 1.94 bits per heavy atom. The van der Waals surface area contributed by atoms with E-state index in [-0.39, 0.29) is 0 Å². The van der Waals surface area contributed by atoms with Gasteiger partial charge < -0.3 is 0 Å². The van der Waals surface area contributed by atoms with Crippen LogP contribution < -0.4 is 4.57 Å². The van der Waals surface area contributed by atoms with Crippen molar-refractivity contribution in [2.24, 2.45) is 0 Å². The van der Waals surface area contributed by atoms with Crippen LogP contribution in [0.5, 0.6) is 0 Å². The highest BCUT2D eigenvalue weighted by Crippen LogP contribution is 2.24. The number of hydrogen-bond acceptors (Lipinski definition) is 0. The number of nitrogens with one attached hydrogen (secondary N) is 1. The van der Waals surface area contributed by atoms with E-state index >= 15 is 0 Å². The molecule has 2 heteroatoms. The third-order valence-corrected chi connectivity index (χ3v) is 6.93. The standard InChI is InChI=1S/C30H50N2/c1-3-5-6-7-8-9-10-11-12-13-14-18-24-29(20-4-2)30-31-25-27-32(30)26-19-23-28-21-16-15-17-22-28/h15-17,21-22,25,27,29H,3-14,18-20,23-24,26H2,1-2H3/p+1/t29-/m0/s1. The second-order valence-corrected chi connectivity index (χ2v) is 9.79. The number of nitrogens with zero attached hydrogens (tertiary/aromatic N) is 1. The molecule has 0 saturated carbocycles. The van der Waals surface area contributed by atoms with Gasteiger partial charge in [0.15, 0.2) is 0 Å². The largest absolute Gasteiger partial charge is 0.257 e. The predicted octanol–water partition coefficient (Wildman–Crippen LogP) is 8.91. The second kappa shape index (κ2) is 17.9. The van der Waals surface area contributed by atoms with Gasteiger partial charge in [-0.05, 0) is 31.2 Å². The Morgan fingerprint density at radius 1 is 0.688 bits per heavy atom. The molecule has 1 aromatic heterocycles. The van der Waals surface area contributed by atoms with Crippen LogP contribution in [0.15, 0.2) is 42.7 Å². The number of aromatic amines is 1. The van der Waals surface area contributed by atoms with Crippen molar-refractivity contribution in [3.05, 3.63) is 54.1 Å². The van der Waals surface area contributed by atoms with Crippen LogP contribution >= 0.6 is 0 Å². The molecule has 0 saturated heterocycles. The van der Waals surface area contributed by atoms with E-state index < -0.39 is 0 Å². The molecule has 0 aliphatic carbocycles. The van der Waals surface area contributed by atoms with E-state index in [9.17, 15) is 0 Å². The summed E-state index contributed by atoms with van der Waals surface area (Å²) in [6.07, 6.45) is 27.8. The van der Waals surface area contributed by atoms with Crippen molar-refractivity contribution in [2.45, 2.75) is 135 Å². The first-order valence-corrected chi connectivity index (χ1v) is 14.0. The molecule has 1 aromatic carbocycles. The topological polar surface area (TPSA) is 19.7 Å². The molecule has 2 aromatic rings. The summed E-state index contributed by atoms with van der Waals surface area (Å²) >= 11 is 0. The van der Waals surface area contributed by atoms with Gasteiger partial charge in [0.2, 0.25) is 0 Å². The van der Waals surface area contributed by atoms with Crippen molar-refractivity contribution in [1.29, 1.82) is 0 Å². The zero-order chi connectivity index (χ0) is 22.7. The number of unbranched alkanes of at least 4 members (excludes halogenated alkanes) is 11. The van der Waals surface area contributed by atoms with Gasteiger partial charge in [-0.2, -0.15) is 0 Å². The lowest BCUT2D eigenvalue weighted by Gasteiger charge is -2.13. The second-order valence-electron chi connectivity index (χ2n) is 9.79. The quantitative estimate of drug-likeness (QED) is 0.157. The Morgan fingerprint density at radius 2 is 1.31 bits per heavy atom. The van der Waals surface area contributed by atoms with Crippen molar-refractivity contribution in [2.75, 3.05) is 0 Å². The van der Waals surface area contributed by atoms with Gasteiger partial charge in [0.05, 0.1) is 12.5 Å². The summed E-state index contributed by atoms with van der Waals surface area (Å²) in [6, 6.07) is 10.9. The molecular weight excluding hydrogens is 388 g/mol. The van der Waals surface area contributed by atoms with E-state index in [0.29, 0.717) is 5.92 Å². The first-order valence-electron chi connectivity index (χ1n) is 14.0. The lowest BCUT2D eigenvalue weighted by molar-refractivity contribution is -0.704. The van der Waals surface area contributed by atoms with Gasteiger partial charge >= 0.3 is 0 Å². The molecule has 0 aliphatic heterocycles. The zero-order valence-electron chi connectivity index (χ0n) is 21.3. The summed E-state index contributed by atoms with van der Waals surface area (Å²) in [5.74, 6) is 2.15. The van der Waals surface area contributed by atoms with Crippen LogP contribution in [-0.4, -0.2) is 4.98 Å². The van der Waals surface area contributed by atoms with Crippen LogP contribution in [-0.2, 0) is 13.0 Å². The number of aromatic nitrogens is 2. The van der Waals surface area contributed by atoms with Crippen molar-refractivity contribution in [3.63, 3.8) is 0 Å². The van der Waals surface area contributed by atoms with Crippen molar-refractivity contribution >= 4 is 0 Å². The Bertz CT molecular complexity index is 660. The molecule has 32 heavy (non-hydrogen) atoms. The van der Waals surface area contributed by atoms with E-state index in [1.807, 2.05) is 0 Å². The fourth-order valence-electron chi connectivity index (χ4n) is 5.02. The molecule has 2 nitrogen and oxygen atoms in total. The molecule has 0 spiro atoms. The van der Waals surface area contributed by atoms with Gasteiger partial charge in [0, 0.05) is 0 Å². The van der Waals surface area contributed by atoms with Crippen molar-refractivity contribution in [3.8, 4) is 0 Å². The van der Waals surface area contributed by atoms with Crippen LogP contribution in [0.1, 0.15) is 134 Å². The Labute approximate surface area is 199 Å². The van der Waals surface area contributed by atoms with Crippen molar-refractivity contribution in [1.82, 2.24) is 4.98 Å². The van der Waals surface area contributed by atoms with E-state index in [1.54, 1.807) is 0 Å². The normalized spacial score (nSPS) is 12.3. The minimum Gasteiger partial charge on any atom is -0.247 e. The average molecular weight is 440 g/mol. The Kier molecular flexibility index (Phi) is 14.9. The van der Waals surface area contributed by atoms with Crippen LogP contribution in [0.3, 0.4) is 0 Å². The van der Waals surface area contributed by atoms with E-state index in [1.165, 1.54) is 114 Å². The molecule has 0 aliphatic rings. The van der Waals surface area contributed by atoms with Crippen LogP contribution in [0.25, 0.3) is 0 Å². The highest BCUT2D eigenvalue weighted by Gasteiger charge is 2.21. The molecular formula is C30H51N2+. The molecule has 0 bridgehead atoms. The van der Waals surface area contributed by atoms with Gasteiger partial charge in [0.1, 0.15) is 12.4 Å². The van der Waals surface area contributed by atoms with Crippen molar-refractivity contribution < 1.29 is 4.57 Å². The smallest absolute Gasteiger partial charge is 0.247 e. The molecule has 1 heterocycles. The fourth-order valence-corrected chi connectivity index (χ4v) is 5.02. The van der Waals surface area contributed by atoms with E-state index in [2.05, 4.69) is 66.1 Å². The average Bonchev–Trinajstić information content (AvgIpc) is 3.28. The van der Waals surface area contributed by atoms with Crippen LogP contribution in [0.2, 0.25) is 0 Å². The lowest BCUT2D eigenvalue weighted by atomic mass is 9.95. The van der Waals surface area contributed by atoms with Gasteiger partial charge in [-0.1, -0.05) is 128 Å². The van der Waals surface area contributed by atoms with Gasteiger partial charge in [-0.3, -0.25) is 0 Å². The summed E-state index contributed by atoms with van der Waals surface area (Å²) in [5.41, 5.74) is 1.45. The molecule has 0 unspecified atom stereocenters. The summed E-state index contributed by atoms with van der Waals surface area (Å²) in [5, 5.41) is 0. The Balaban J connectivity index is 1.60. The molecule has 2 rings (SSSR count). The lowest BCUT2D eigenvalue weighted by Crippen LogP contribution is -2.37. The maximum absolute atomic E-state index is 3.60. The summed E-state index contributed by atoms with van der Waals surface area (Å²) in [4.78, 5) is 3.60. The first-order chi connectivity index (χ1) is 15.8. The summed E-state index contributed by atoms with van der Waals surface area (Å²) in [6.45, 7) is 5.75. The molecule has 180 valence electrons. The third-order valence-electron chi connectivity index (χ3n) is 6.93. The number of imidazole rings is 1. The third kappa shape index (κ3) is 11.3. The monoisotopic (exact) mass is 439 g/mol. The molecule has 0 radical (unpaired) electrons. The molecule has 1 atom stereocenters. The molecule has 0 amide bonds. The SMILES string of the molecule is CCCCCCCCCCCCCC[C@H](CCC)c1[nH]cc[n+]1CCCc1ccccc1. The Hall–Kier alpha value is -1.57. The van der Waals surface area contributed by atoms with Crippen LogP contribution in [0.4, 0.5) is 0 Å². The number of rotatable bonds is 20. The predicted molar refractivity (Wildman–Crippen MR) is 139 cm³/mol. The van der Waals surface area contributed by atoms with Gasteiger partial charge in [-0.15, -0.1) is 0 Å². The highest BCUT2D eigenvalue weighted by molar-refractivity contribution is 5.14. The zero-order valence-corrected chi connectivity index (χ0v) is 21.3. The molecule has 0 fully saturated rings. The maximum atomic E-state index is 3.60. The fraction of sp³-hybridized carbons (Fsp3) is 0.700. The van der Waals surface area contributed by atoms with Crippen LogP contribution in [0, 0.1) is 0 Å². The van der Waals surface area contributed by atoms with Gasteiger partial charge in [0.25, 0.3) is 5.82 Å². The minimum atomic E-state index is 0.690. The number of H-pyrrole nitrogens is 1. The highest BCUT2D eigenvalue weighted by atomic mass is 15.1.